The molecular formula is C37H42N4O3S. The van der Waals surface area contributed by atoms with Crippen LogP contribution >= 0.6 is 11.5 Å². The lowest BCUT2D eigenvalue weighted by Gasteiger charge is -2.31. The number of nitrogens with zero attached hydrogens (tertiary/aromatic N) is 3. The summed E-state index contributed by atoms with van der Waals surface area (Å²) in [5, 5.41) is 3.17. The highest BCUT2D eigenvalue weighted by molar-refractivity contribution is 7.05. The van der Waals surface area contributed by atoms with Crippen molar-refractivity contribution in [3.63, 3.8) is 0 Å². The summed E-state index contributed by atoms with van der Waals surface area (Å²) < 4.78 is 16.1. The number of carbonyl (C=O) groups excluding carboxylic acids is 1. The van der Waals surface area contributed by atoms with Crippen LogP contribution in [-0.2, 0) is 22.6 Å². The molecule has 2 aliphatic heterocycles. The summed E-state index contributed by atoms with van der Waals surface area (Å²) in [6, 6.07) is 25.4. The molecule has 0 radical (unpaired) electrons. The number of benzene rings is 3. The lowest BCUT2D eigenvalue weighted by atomic mass is 9.99. The predicted molar refractivity (Wildman–Crippen MR) is 184 cm³/mol. The Balaban J connectivity index is 1.23. The first-order valence-electron chi connectivity index (χ1n) is 15.9. The SMILES string of the molecule is CCOc1ccccc1-c1ccc2c(c1)C=C(C(=O)Nc1ccc(CN(C)C3CCCOC3)cc1)CCN2Cc1cc(C)ns1. The first-order chi connectivity index (χ1) is 22.0. The maximum absolute atomic E-state index is 13.7. The molecule has 45 heavy (non-hydrogen) atoms. The van der Waals surface area contributed by atoms with Gasteiger partial charge in [-0.2, -0.15) is 4.37 Å². The first kappa shape index (κ1) is 31.0. The van der Waals surface area contributed by atoms with Crippen molar-refractivity contribution < 1.29 is 14.3 Å². The highest BCUT2D eigenvalue weighted by Gasteiger charge is 2.22. The van der Waals surface area contributed by atoms with E-state index in [1.807, 2.05) is 44.2 Å². The zero-order valence-electron chi connectivity index (χ0n) is 26.4. The summed E-state index contributed by atoms with van der Waals surface area (Å²) in [4.78, 5) is 19.6. The van der Waals surface area contributed by atoms with Crippen molar-refractivity contribution in [3.05, 3.63) is 100 Å². The molecule has 2 aliphatic rings. The number of rotatable bonds is 10. The van der Waals surface area contributed by atoms with Gasteiger partial charge in [0.05, 0.1) is 25.5 Å². The van der Waals surface area contributed by atoms with Crippen molar-refractivity contribution in [1.82, 2.24) is 9.27 Å². The molecule has 1 N–H and O–H groups in total. The minimum Gasteiger partial charge on any atom is -0.493 e. The van der Waals surface area contributed by atoms with Gasteiger partial charge in [0.2, 0.25) is 0 Å². The van der Waals surface area contributed by atoms with Crippen molar-refractivity contribution in [2.45, 2.75) is 52.2 Å². The number of carbonyl (C=O) groups is 1. The second-order valence-electron chi connectivity index (χ2n) is 11.9. The van der Waals surface area contributed by atoms with Crippen LogP contribution in [0.2, 0.25) is 0 Å². The molecule has 1 aromatic heterocycles. The molecule has 4 aromatic rings. The largest absolute Gasteiger partial charge is 0.493 e. The average Bonchev–Trinajstić information content (AvgIpc) is 3.38. The summed E-state index contributed by atoms with van der Waals surface area (Å²) >= 11 is 1.54. The Bertz CT molecular complexity index is 1640. The number of aromatic nitrogens is 1. The van der Waals surface area contributed by atoms with Gasteiger partial charge in [0, 0.05) is 53.1 Å². The fraction of sp³-hybridized carbons (Fsp3) is 0.351. The Labute approximate surface area is 270 Å². The van der Waals surface area contributed by atoms with Crippen LogP contribution in [-0.4, -0.2) is 54.6 Å². The molecule has 1 unspecified atom stereocenters. The highest BCUT2D eigenvalue weighted by Crippen LogP contribution is 2.37. The van der Waals surface area contributed by atoms with E-state index in [-0.39, 0.29) is 5.91 Å². The van der Waals surface area contributed by atoms with Gasteiger partial charge in [-0.1, -0.05) is 36.4 Å². The van der Waals surface area contributed by atoms with Crippen LogP contribution < -0.4 is 15.0 Å². The second kappa shape index (κ2) is 14.4. The fourth-order valence-corrected chi connectivity index (χ4v) is 6.91. The number of hydrogen-bond donors (Lipinski definition) is 1. The normalized spacial score (nSPS) is 16.6. The molecule has 3 aromatic carbocycles. The van der Waals surface area contributed by atoms with Crippen molar-refractivity contribution in [2.24, 2.45) is 0 Å². The Morgan fingerprint density at radius 2 is 1.98 bits per heavy atom. The zero-order valence-corrected chi connectivity index (χ0v) is 27.2. The Hall–Kier alpha value is -3.98. The zero-order chi connectivity index (χ0) is 31.2. The summed E-state index contributed by atoms with van der Waals surface area (Å²) in [5.74, 6) is 0.787. The molecule has 1 saturated heterocycles. The maximum Gasteiger partial charge on any atom is 0.251 e. The van der Waals surface area contributed by atoms with E-state index >= 15 is 0 Å². The standard InChI is InChI=1S/C37H42N4O3S/c1-4-44-36-10-6-5-9-34(36)28-13-16-35-30(21-28)22-29(17-18-41(35)24-33-20-26(2)39-45-33)37(42)38-31-14-11-27(12-15-31)23-40(3)32-8-7-19-43-25-32/h5-6,9-16,20-22,32H,4,7-8,17-19,23-25H2,1-3H3,(H,38,42). The van der Waals surface area contributed by atoms with E-state index in [2.05, 4.69) is 75.1 Å². The van der Waals surface area contributed by atoms with Crippen LogP contribution in [0.5, 0.6) is 5.75 Å². The average molecular weight is 623 g/mol. The van der Waals surface area contributed by atoms with Crippen LogP contribution in [0.1, 0.15) is 47.9 Å². The van der Waals surface area contributed by atoms with Gasteiger partial charge in [-0.05, 0) is 111 Å². The van der Waals surface area contributed by atoms with E-state index < -0.39 is 0 Å². The molecular weight excluding hydrogens is 580 g/mol. The van der Waals surface area contributed by atoms with Crippen LogP contribution in [0.15, 0.2) is 78.4 Å². The maximum atomic E-state index is 13.7. The third-order valence-electron chi connectivity index (χ3n) is 8.57. The van der Waals surface area contributed by atoms with Gasteiger partial charge < -0.3 is 19.7 Å². The Morgan fingerprint density at radius 1 is 1.13 bits per heavy atom. The van der Waals surface area contributed by atoms with Crippen molar-refractivity contribution in [1.29, 1.82) is 0 Å². The van der Waals surface area contributed by atoms with Gasteiger partial charge in [-0.15, -0.1) is 0 Å². The number of nitrogens with one attached hydrogen (secondary N) is 1. The van der Waals surface area contributed by atoms with Gasteiger partial charge in [0.25, 0.3) is 5.91 Å². The van der Waals surface area contributed by atoms with E-state index in [9.17, 15) is 4.79 Å². The topological polar surface area (TPSA) is 66.9 Å². The summed E-state index contributed by atoms with van der Waals surface area (Å²) in [5.41, 5.74) is 8.04. The number of para-hydroxylation sites is 1. The van der Waals surface area contributed by atoms with Gasteiger partial charge >= 0.3 is 0 Å². The number of aryl methyl sites for hydroxylation is 1. The first-order valence-corrected chi connectivity index (χ1v) is 16.7. The molecule has 0 bridgehead atoms. The molecule has 0 aliphatic carbocycles. The third-order valence-corrected chi connectivity index (χ3v) is 9.43. The van der Waals surface area contributed by atoms with Crippen LogP contribution in [0.3, 0.4) is 0 Å². The van der Waals surface area contributed by atoms with Crippen molar-refractivity contribution in [2.75, 3.05) is 43.6 Å². The number of fused-ring (bicyclic) bond motifs is 1. The summed E-state index contributed by atoms with van der Waals surface area (Å²) in [6.45, 7) is 8.62. The van der Waals surface area contributed by atoms with Gasteiger partial charge in [-0.3, -0.25) is 9.69 Å². The Morgan fingerprint density at radius 3 is 2.73 bits per heavy atom. The number of amides is 1. The lowest BCUT2D eigenvalue weighted by molar-refractivity contribution is -0.112. The van der Waals surface area contributed by atoms with E-state index in [1.165, 1.54) is 28.4 Å². The number of anilines is 2. The van der Waals surface area contributed by atoms with Crippen LogP contribution in [0, 0.1) is 6.92 Å². The molecule has 8 heteroatoms. The molecule has 7 nitrogen and oxygen atoms in total. The van der Waals surface area contributed by atoms with Gasteiger partial charge in [-0.25, -0.2) is 0 Å². The van der Waals surface area contributed by atoms with Gasteiger partial charge in [0.1, 0.15) is 5.75 Å². The van der Waals surface area contributed by atoms with Crippen LogP contribution in [0.4, 0.5) is 11.4 Å². The molecule has 0 saturated carbocycles. The summed E-state index contributed by atoms with van der Waals surface area (Å²) in [6.07, 6.45) is 4.98. The monoisotopic (exact) mass is 622 g/mol. The molecule has 0 spiro atoms. The lowest BCUT2D eigenvalue weighted by Crippen LogP contribution is -2.37. The number of likely N-dealkylation sites (N-methyl/N-ethyl adjacent to an activating group) is 1. The minimum atomic E-state index is -0.0687. The van der Waals surface area contributed by atoms with E-state index in [0.29, 0.717) is 19.1 Å². The predicted octanol–water partition coefficient (Wildman–Crippen LogP) is 7.56. The van der Waals surface area contributed by atoms with Crippen molar-refractivity contribution >= 4 is 34.9 Å². The molecule has 234 valence electrons. The van der Waals surface area contributed by atoms with Crippen LogP contribution in [0.25, 0.3) is 17.2 Å². The van der Waals surface area contributed by atoms with Gasteiger partial charge in [0.15, 0.2) is 0 Å². The number of hydrogen-bond acceptors (Lipinski definition) is 7. The second-order valence-corrected chi connectivity index (χ2v) is 12.8. The minimum absolute atomic E-state index is 0.0687. The third kappa shape index (κ3) is 7.64. The van der Waals surface area contributed by atoms with E-state index in [1.54, 1.807) is 0 Å². The highest BCUT2D eigenvalue weighted by atomic mass is 32.1. The van der Waals surface area contributed by atoms with E-state index in [0.717, 1.165) is 84.4 Å². The molecule has 3 heterocycles. The quantitative estimate of drug-likeness (QED) is 0.197. The van der Waals surface area contributed by atoms with E-state index in [4.69, 9.17) is 9.47 Å². The molecule has 1 atom stereocenters. The molecule has 1 amide bonds. The summed E-state index contributed by atoms with van der Waals surface area (Å²) in [7, 11) is 2.16. The Kier molecular flexibility index (Phi) is 9.94. The molecule has 1 fully saturated rings. The number of ether oxygens (including phenoxy) is 2. The van der Waals surface area contributed by atoms with Crippen molar-refractivity contribution in [3.8, 4) is 16.9 Å². The fourth-order valence-electron chi connectivity index (χ4n) is 6.16. The molecule has 6 rings (SSSR count). The smallest absolute Gasteiger partial charge is 0.251 e.